The van der Waals surface area contributed by atoms with Crippen molar-refractivity contribution in [1.29, 1.82) is 0 Å². The molecule has 4 fully saturated rings. The first-order valence-corrected chi connectivity index (χ1v) is 20.6. The SMILES string of the molecule is [N-]=[N+]=NC[C@@H]1O[C@H](O[C@H]2[C@@H](O)[C@H](O[C@H]3[C@H](O[C@H]4O[C@H](CN(Cc5ccccc5)C(=O)OCc5ccccc5)CC[C@H]4O)C(N=[N+]=[N-])CC(N=[N+]=[N-])[C@@H]3O)O[C@@H]2CO)C(N=[N+]=[N-])[C@@H](O)[C@@H]1O. The summed E-state index contributed by atoms with van der Waals surface area (Å²) in [4.78, 5) is 26.0. The normalized spacial score (nSPS) is 35.6. The number of aliphatic hydroxyl groups excluding tert-OH is 6. The summed E-state index contributed by atoms with van der Waals surface area (Å²) in [7, 11) is 0. The molecule has 3 saturated heterocycles. The third kappa shape index (κ3) is 12.2. The number of nitrogens with zero attached hydrogens (tertiary/aromatic N) is 13. The Bertz CT molecular complexity index is 2060. The molecule has 0 spiro atoms. The molecule has 4 aliphatic rings. The van der Waals surface area contributed by atoms with Gasteiger partial charge in [-0.25, -0.2) is 4.79 Å². The van der Waals surface area contributed by atoms with Crippen LogP contribution in [-0.4, -0.2) is 165 Å². The molecule has 0 aromatic heterocycles. The first-order valence-electron chi connectivity index (χ1n) is 20.6. The number of carbonyl (C=O) groups excluding carboxylic acids is 1. The van der Waals surface area contributed by atoms with Crippen LogP contribution in [0, 0.1) is 0 Å². The van der Waals surface area contributed by atoms with Crippen molar-refractivity contribution in [2.45, 2.75) is 137 Å². The van der Waals surface area contributed by atoms with Gasteiger partial charge in [-0.1, -0.05) is 81.1 Å². The molecule has 27 nitrogen and oxygen atoms in total. The Kier molecular flexibility index (Phi) is 17.8. The Morgan fingerprint density at radius 3 is 1.97 bits per heavy atom. The maximum absolute atomic E-state index is 13.6. The molecule has 17 atom stereocenters. The standard InChI is InChI=1S/C38H49N13O14/c39-47-43-14-25-29(55)30(56)27(46-50-42)36(61-25)64-33-26(17-52)62-37(31(33)57)65-34-28(54)22(44-48-40)13-23(45-49-41)32(34)63-35-24(53)12-11-21(60-35)16-51(15-19-7-3-1-4-8-19)38(58)59-18-20-9-5-2-6-10-20/h1-10,21-37,52-57H,11-18H2/t21-,22?,23?,24+,25-,26+,27?,28-,29+,30+,31+,32+,33+,34+,35+,36+,37-/m0/s1. The average Bonchev–Trinajstić information content (AvgIpc) is 3.61. The van der Waals surface area contributed by atoms with Gasteiger partial charge in [-0.2, -0.15) is 0 Å². The predicted octanol–water partition coefficient (Wildman–Crippen LogP) is 2.48. The second kappa shape index (κ2) is 23.6. The van der Waals surface area contributed by atoms with Crippen LogP contribution in [0.15, 0.2) is 81.1 Å². The summed E-state index contributed by atoms with van der Waals surface area (Å²) in [6.07, 6.45) is -22.2. The van der Waals surface area contributed by atoms with Gasteiger partial charge in [0.2, 0.25) is 0 Å². The second-order valence-corrected chi connectivity index (χ2v) is 15.6. The molecule has 6 N–H and O–H groups in total. The quantitative estimate of drug-likeness (QED) is 0.0711. The van der Waals surface area contributed by atoms with Gasteiger partial charge < -0.3 is 68.7 Å². The monoisotopic (exact) mass is 911 g/mol. The molecule has 27 heteroatoms. The highest BCUT2D eigenvalue weighted by Crippen LogP contribution is 2.37. The number of aliphatic hydroxyl groups is 6. The van der Waals surface area contributed by atoms with Crippen LogP contribution in [-0.2, 0) is 46.3 Å². The lowest BCUT2D eigenvalue weighted by molar-refractivity contribution is -0.303. The zero-order valence-corrected chi connectivity index (χ0v) is 34.5. The number of azide groups is 4. The number of hydrogen-bond acceptors (Lipinski definition) is 18. The minimum absolute atomic E-state index is 0.00647. The van der Waals surface area contributed by atoms with E-state index in [4.69, 9.17) is 38.7 Å². The highest BCUT2D eigenvalue weighted by atomic mass is 16.8. The van der Waals surface area contributed by atoms with Gasteiger partial charge in [-0.05, 0) is 52.5 Å². The summed E-state index contributed by atoms with van der Waals surface area (Å²) < 4.78 is 41.7. The zero-order valence-electron chi connectivity index (χ0n) is 34.5. The van der Waals surface area contributed by atoms with Gasteiger partial charge in [0, 0.05) is 26.2 Å². The Labute approximate surface area is 369 Å². The lowest BCUT2D eigenvalue weighted by Gasteiger charge is -2.45. The van der Waals surface area contributed by atoms with E-state index in [-0.39, 0.29) is 39.0 Å². The number of ether oxygens (including phenoxy) is 7. The number of benzene rings is 2. The van der Waals surface area contributed by atoms with Gasteiger partial charge >= 0.3 is 6.09 Å². The summed E-state index contributed by atoms with van der Waals surface area (Å²) in [6.45, 7) is -1.17. The van der Waals surface area contributed by atoms with Crippen molar-refractivity contribution in [1.82, 2.24) is 4.90 Å². The summed E-state index contributed by atoms with van der Waals surface area (Å²) in [5.41, 5.74) is 38.5. The molecular weight excluding hydrogens is 862 g/mol. The molecular formula is C38H49N13O14. The maximum atomic E-state index is 13.6. The second-order valence-electron chi connectivity index (χ2n) is 15.6. The van der Waals surface area contributed by atoms with Gasteiger partial charge in [0.1, 0.15) is 49.3 Å². The van der Waals surface area contributed by atoms with E-state index in [1.807, 2.05) is 60.7 Å². The number of carbonyl (C=O) groups is 1. The van der Waals surface area contributed by atoms with E-state index in [0.717, 1.165) is 11.1 Å². The van der Waals surface area contributed by atoms with Crippen LogP contribution in [0.4, 0.5) is 4.79 Å². The topological polar surface area (TPSA) is 401 Å². The molecule has 1 aliphatic carbocycles. The van der Waals surface area contributed by atoms with E-state index < -0.39 is 123 Å². The smallest absolute Gasteiger partial charge is 0.410 e. The van der Waals surface area contributed by atoms with Crippen molar-refractivity contribution in [3.8, 4) is 0 Å². The van der Waals surface area contributed by atoms with E-state index in [0.29, 0.717) is 0 Å². The Balaban J connectivity index is 1.21. The van der Waals surface area contributed by atoms with Crippen molar-refractivity contribution in [2.75, 3.05) is 19.7 Å². The minimum atomic E-state index is -1.87. The molecule has 6 rings (SSSR count). The fourth-order valence-electron chi connectivity index (χ4n) is 8.08. The third-order valence-electron chi connectivity index (χ3n) is 11.4. The fraction of sp³-hybridized carbons (Fsp3) is 0.658. The van der Waals surface area contributed by atoms with Crippen LogP contribution < -0.4 is 0 Å². The van der Waals surface area contributed by atoms with Crippen molar-refractivity contribution < 1.29 is 68.6 Å². The van der Waals surface area contributed by atoms with Gasteiger partial charge in [-0.3, -0.25) is 0 Å². The van der Waals surface area contributed by atoms with Crippen LogP contribution in [0.1, 0.15) is 30.4 Å². The highest BCUT2D eigenvalue weighted by molar-refractivity contribution is 5.67. The first-order chi connectivity index (χ1) is 31.5. The van der Waals surface area contributed by atoms with Crippen molar-refractivity contribution in [2.24, 2.45) is 20.5 Å². The molecule has 0 radical (unpaired) electrons. The number of hydrogen-bond donors (Lipinski definition) is 6. The molecule has 3 heterocycles. The van der Waals surface area contributed by atoms with E-state index in [9.17, 15) is 52.0 Å². The van der Waals surface area contributed by atoms with E-state index in [2.05, 4.69) is 40.1 Å². The molecule has 1 amide bonds. The van der Waals surface area contributed by atoms with Crippen molar-refractivity contribution in [3.63, 3.8) is 0 Å². The largest absolute Gasteiger partial charge is 0.445 e. The predicted molar refractivity (Wildman–Crippen MR) is 218 cm³/mol. The molecule has 65 heavy (non-hydrogen) atoms. The summed E-state index contributed by atoms with van der Waals surface area (Å²) in [5, 5.41) is 80.3. The molecule has 3 unspecified atom stereocenters. The Morgan fingerprint density at radius 1 is 0.677 bits per heavy atom. The van der Waals surface area contributed by atoms with E-state index in [1.54, 1.807) is 0 Å². The van der Waals surface area contributed by atoms with Gasteiger partial charge in [-0.15, -0.1) is 0 Å². The van der Waals surface area contributed by atoms with Gasteiger partial charge in [0.05, 0.1) is 62.3 Å². The average molecular weight is 912 g/mol. The summed E-state index contributed by atoms with van der Waals surface area (Å²) in [6, 6.07) is 14.1. The fourth-order valence-corrected chi connectivity index (χ4v) is 8.08. The first kappa shape index (κ1) is 48.9. The van der Waals surface area contributed by atoms with Crippen molar-refractivity contribution >= 4 is 6.09 Å². The molecule has 2 aromatic rings. The van der Waals surface area contributed by atoms with E-state index >= 15 is 0 Å². The van der Waals surface area contributed by atoms with E-state index in [1.165, 1.54) is 4.90 Å². The lowest BCUT2D eigenvalue weighted by Crippen LogP contribution is -2.61. The maximum Gasteiger partial charge on any atom is 0.410 e. The third-order valence-corrected chi connectivity index (χ3v) is 11.4. The zero-order chi connectivity index (χ0) is 46.5. The number of amides is 1. The number of rotatable bonds is 18. The molecule has 3 aliphatic heterocycles. The molecule has 1 saturated carbocycles. The van der Waals surface area contributed by atoms with Gasteiger partial charge in [0.25, 0.3) is 0 Å². The minimum Gasteiger partial charge on any atom is -0.445 e. The summed E-state index contributed by atoms with van der Waals surface area (Å²) >= 11 is 0. The van der Waals surface area contributed by atoms with Crippen molar-refractivity contribution in [3.05, 3.63) is 114 Å². The molecule has 2 aromatic carbocycles. The Morgan fingerprint density at radius 2 is 1.31 bits per heavy atom. The van der Waals surface area contributed by atoms with Crippen LogP contribution in [0.25, 0.3) is 41.8 Å². The lowest BCUT2D eigenvalue weighted by atomic mass is 9.84. The van der Waals surface area contributed by atoms with Crippen LogP contribution in [0.3, 0.4) is 0 Å². The van der Waals surface area contributed by atoms with Gasteiger partial charge in [0.15, 0.2) is 18.9 Å². The van der Waals surface area contributed by atoms with Crippen LogP contribution >= 0.6 is 0 Å². The highest BCUT2D eigenvalue weighted by Gasteiger charge is 2.54. The van der Waals surface area contributed by atoms with Crippen LogP contribution in [0.5, 0.6) is 0 Å². The Hall–Kier alpha value is -5.53. The van der Waals surface area contributed by atoms with Crippen LogP contribution in [0.2, 0.25) is 0 Å². The summed E-state index contributed by atoms with van der Waals surface area (Å²) in [5.74, 6) is 0. The molecule has 350 valence electrons. The molecule has 0 bridgehead atoms.